The molecular weight excluding hydrogens is 276 g/mol. The molecule has 0 bridgehead atoms. The first-order valence-electron chi connectivity index (χ1n) is 8.36. The Labute approximate surface area is 133 Å². The third kappa shape index (κ3) is 4.01. The van der Waals surface area contributed by atoms with Crippen molar-refractivity contribution in [1.29, 1.82) is 0 Å². The molecule has 1 fully saturated rings. The molecule has 0 radical (unpaired) electrons. The molecule has 2 N–H and O–H groups in total. The van der Waals surface area contributed by atoms with Crippen molar-refractivity contribution in [2.24, 2.45) is 5.73 Å². The molecule has 1 heterocycles. The molecule has 1 aromatic rings. The lowest BCUT2D eigenvalue weighted by Gasteiger charge is -2.38. The number of likely N-dealkylation sites (tertiary alicyclic amines) is 1. The molecule has 0 spiro atoms. The predicted molar refractivity (Wildman–Crippen MR) is 89.1 cm³/mol. The van der Waals surface area contributed by atoms with E-state index in [1.807, 2.05) is 43.0 Å². The van der Waals surface area contributed by atoms with Crippen molar-refractivity contribution in [2.45, 2.75) is 64.6 Å². The summed E-state index contributed by atoms with van der Waals surface area (Å²) in [6, 6.07) is 7.63. The molecular formula is C18H28N2O2. The average Bonchev–Trinajstić information content (AvgIpc) is 2.54. The van der Waals surface area contributed by atoms with Gasteiger partial charge in [0.05, 0.1) is 6.10 Å². The molecule has 0 aliphatic carbocycles. The fourth-order valence-corrected chi connectivity index (χ4v) is 2.91. The van der Waals surface area contributed by atoms with E-state index in [2.05, 4.69) is 6.92 Å². The van der Waals surface area contributed by atoms with Crippen LogP contribution in [0.1, 0.15) is 56.8 Å². The molecule has 0 aromatic heterocycles. The molecule has 2 rings (SSSR count). The van der Waals surface area contributed by atoms with Crippen molar-refractivity contribution in [1.82, 2.24) is 4.90 Å². The van der Waals surface area contributed by atoms with Gasteiger partial charge in [0.1, 0.15) is 5.75 Å². The SMILES string of the molecule is CCC(C)Oc1ccc(C(=O)N2CCCCC2C(C)N)cc1. The molecule has 1 saturated heterocycles. The minimum atomic E-state index is 0.0114. The Kier molecular flexibility index (Phi) is 5.83. The maximum atomic E-state index is 12.7. The first-order chi connectivity index (χ1) is 10.5. The average molecular weight is 304 g/mol. The Balaban J connectivity index is 2.08. The smallest absolute Gasteiger partial charge is 0.254 e. The number of rotatable bonds is 5. The lowest BCUT2D eigenvalue weighted by molar-refractivity contribution is 0.0584. The Hall–Kier alpha value is -1.55. The summed E-state index contributed by atoms with van der Waals surface area (Å²) in [5.74, 6) is 0.894. The summed E-state index contributed by atoms with van der Waals surface area (Å²) in [6.07, 6.45) is 4.36. The summed E-state index contributed by atoms with van der Waals surface area (Å²) in [6.45, 7) is 6.92. The fourth-order valence-electron chi connectivity index (χ4n) is 2.91. The zero-order valence-electron chi connectivity index (χ0n) is 13.9. The second-order valence-electron chi connectivity index (χ2n) is 6.28. The number of nitrogens with two attached hydrogens (primary N) is 1. The van der Waals surface area contributed by atoms with Gasteiger partial charge in [-0.2, -0.15) is 0 Å². The molecule has 3 atom stereocenters. The second kappa shape index (κ2) is 7.63. The van der Waals surface area contributed by atoms with E-state index in [4.69, 9.17) is 10.5 Å². The number of hydrogen-bond acceptors (Lipinski definition) is 3. The van der Waals surface area contributed by atoms with Gasteiger partial charge in [0, 0.05) is 24.2 Å². The number of carbonyl (C=O) groups excluding carboxylic acids is 1. The number of amides is 1. The van der Waals surface area contributed by atoms with E-state index in [-0.39, 0.29) is 24.1 Å². The Bertz CT molecular complexity index is 484. The minimum Gasteiger partial charge on any atom is -0.491 e. The Morgan fingerprint density at radius 1 is 1.32 bits per heavy atom. The molecule has 1 aromatic carbocycles. The first-order valence-corrected chi connectivity index (χ1v) is 8.36. The Morgan fingerprint density at radius 2 is 2.00 bits per heavy atom. The molecule has 1 aliphatic rings. The lowest BCUT2D eigenvalue weighted by Crippen LogP contribution is -2.51. The van der Waals surface area contributed by atoms with Crippen molar-refractivity contribution >= 4 is 5.91 Å². The van der Waals surface area contributed by atoms with Crippen molar-refractivity contribution in [3.63, 3.8) is 0 Å². The van der Waals surface area contributed by atoms with Gasteiger partial charge in [-0.1, -0.05) is 6.92 Å². The summed E-state index contributed by atoms with van der Waals surface area (Å²) in [5, 5.41) is 0. The summed E-state index contributed by atoms with van der Waals surface area (Å²) in [5.41, 5.74) is 6.77. The van der Waals surface area contributed by atoms with Crippen molar-refractivity contribution < 1.29 is 9.53 Å². The van der Waals surface area contributed by atoms with Crippen LogP contribution in [-0.2, 0) is 0 Å². The monoisotopic (exact) mass is 304 g/mol. The quantitative estimate of drug-likeness (QED) is 0.909. The van der Waals surface area contributed by atoms with E-state index in [9.17, 15) is 4.79 Å². The molecule has 3 unspecified atom stereocenters. The summed E-state index contributed by atoms with van der Waals surface area (Å²) >= 11 is 0. The summed E-state index contributed by atoms with van der Waals surface area (Å²) in [7, 11) is 0. The van der Waals surface area contributed by atoms with E-state index in [0.717, 1.165) is 38.0 Å². The first kappa shape index (κ1) is 16.8. The zero-order valence-corrected chi connectivity index (χ0v) is 13.9. The molecule has 4 nitrogen and oxygen atoms in total. The van der Waals surface area contributed by atoms with Crippen molar-refractivity contribution in [3.05, 3.63) is 29.8 Å². The zero-order chi connectivity index (χ0) is 16.1. The van der Waals surface area contributed by atoms with Gasteiger partial charge in [-0.15, -0.1) is 0 Å². The van der Waals surface area contributed by atoms with Gasteiger partial charge < -0.3 is 15.4 Å². The van der Waals surface area contributed by atoms with E-state index in [0.29, 0.717) is 5.56 Å². The van der Waals surface area contributed by atoms with E-state index in [1.54, 1.807) is 0 Å². The van der Waals surface area contributed by atoms with Gasteiger partial charge in [0.25, 0.3) is 5.91 Å². The number of ether oxygens (including phenoxy) is 1. The van der Waals surface area contributed by atoms with Crippen molar-refractivity contribution in [3.8, 4) is 5.75 Å². The maximum Gasteiger partial charge on any atom is 0.254 e. The summed E-state index contributed by atoms with van der Waals surface area (Å²) in [4.78, 5) is 14.7. The van der Waals surface area contributed by atoms with Gasteiger partial charge >= 0.3 is 0 Å². The van der Waals surface area contributed by atoms with Crippen LogP contribution in [0, 0.1) is 0 Å². The number of piperidine rings is 1. The van der Waals surface area contributed by atoms with Crippen LogP contribution in [0.3, 0.4) is 0 Å². The summed E-state index contributed by atoms with van der Waals surface area (Å²) < 4.78 is 5.76. The number of nitrogens with zero attached hydrogens (tertiary/aromatic N) is 1. The van der Waals surface area contributed by atoms with Crippen LogP contribution in [0.5, 0.6) is 5.75 Å². The van der Waals surface area contributed by atoms with E-state index >= 15 is 0 Å². The normalized spacial score (nSPS) is 21.3. The van der Waals surface area contributed by atoms with Gasteiger partial charge in [0.15, 0.2) is 0 Å². The molecule has 1 amide bonds. The molecule has 0 saturated carbocycles. The van der Waals surface area contributed by atoms with E-state index < -0.39 is 0 Å². The molecule has 1 aliphatic heterocycles. The highest BCUT2D eigenvalue weighted by Crippen LogP contribution is 2.23. The lowest BCUT2D eigenvalue weighted by atomic mass is 9.96. The number of carbonyl (C=O) groups is 1. The van der Waals surface area contributed by atoms with Crippen LogP contribution in [0.4, 0.5) is 0 Å². The van der Waals surface area contributed by atoms with Gasteiger partial charge in [0.2, 0.25) is 0 Å². The minimum absolute atomic E-state index is 0.0114. The van der Waals surface area contributed by atoms with Crippen LogP contribution >= 0.6 is 0 Å². The van der Waals surface area contributed by atoms with Crippen LogP contribution < -0.4 is 10.5 Å². The van der Waals surface area contributed by atoms with Gasteiger partial charge in [-0.3, -0.25) is 4.79 Å². The van der Waals surface area contributed by atoms with Crippen LogP contribution in [-0.4, -0.2) is 35.5 Å². The number of benzene rings is 1. The fraction of sp³-hybridized carbons (Fsp3) is 0.611. The predicted octanol–water partition coefficient (Wildman–Crippen LogP) is 3.21. The van der Waals surface area contributed by atoms with Crippen LogP contribution in [0.15, 0.2) is 24.3 Å². The largest absolute Gasteiger partial charge is 0.491 e. The van der Waals surface area contributed by atoms with E-state index in [1.165, 1.54) is 0 Å². The number of hydrogen-bond donors (Lipinski definition) is 1. The topological polar surface area (TPSA) is 55.6 Å². The van der Waals surface area contributed by atoms with Crippen LogP contribution in [0.25, 0.3) is 0 Å². The highest BCUT2D eigenvalue weighted by atomic mass is 16.5. The van der Waals surface area contributed by atoms with Gasteiger partial charge in [-0.05, 0) is 63.8 Å². The molecule has 22 heavy (non-hydrogen) atoms. The van der Waals surface area contributed by atoms with Crippen molar-refractivity contribution in [2.75, 3.05) is 6.54 Å². The van der Waals surface area contributed by atoms with Crippen LogP contribution in [0.2, 0.25) is 0 Å². The standard InChI is InChI=1S/C18H28N2O2/c1-4-13(2)22-16-10-8-15(9-11-16)18(21)20-12-6-5-7-17(20)14(3)19/h8-11,13-14,17H,4-7,12,19H2,1-3H3. The second-order valence-corrected chi connectivity index (χ2v) is 6.28. The highest BCUT2D eigenvalue weighted by Gasteiger charge is 2.29. The molecule has 4 heteroatoms. The Morgan fingerprint density at radius 3 is 2.59 bits per heavy atom. The highest BCUT2D eigenvalue weighted by molar-refractivity contribution is 5.94. The van der Waals surface area contributed by atoms with Gasteiger partial charge in [-0.25, -0.2) is 0 Å². The molecule has 122 valence electrons. The third-order valence-electron chi connectivity index (χ3n) is 4.43. The maximum absolute atomic E-state index is 12.7. The third-order valence-corrected chi connectivity index (χ3v) is 4.43.